The van der Waals surface area contributed by atoms with E-state index in [1.165, 1.54) is 0 Å². The number of rotatable bonds is 5. The van der Waals surface area contributed by atoms with Gasteiger partial charge < -0.3 is 28.6 Å². The number of fused-ring (bicyclic) bond motifs is 2. The van der Waals surface area contributed by atoms with E-state index in [0.29, 0.717) is 24.3 Å². The van der Waals surface area contributed by atoms with Crippen molar-refractivity contribution in [1.29, 1.82) is 0 Å². The highest BCUT2D eigenvalue weighted by Crippen LogP contribution is 2.43. The van der Waals surface area contributed by atoms with E-state index in [-0.39, 0.29) is 19.5 Å². The molecule has 5 rings (SSSR count). The van der Waals surface area contributed by atoms with E-state index in [9.17, 15) is 5.11 Å². The Bertz CT molecular complexity index is 854. The standard InChI is InChI=1S/C20H25N3O5/c1-25-17-8-19-18(27-12-28-19)7-16(17)20-21-3-4-23(20)13-6-14-11-26-15(2-5-24)10-22(14)9-13/h3-4,7-8,13-15,24H,2,5-6,9-12H2,1H3/t13-,14+,15+/m1/s1. The third kappa shape index (κ3) is 3.01. The number of nitrogens with zero attached hydrogens (tertiary/aromatic N) is 3. The van der Waals surface area contributed by atoms with E-state index in [1.54, 1.807) is 7.11 Å². The van der Waals surface area contributed by atoms with E-state index in [1.807, 2.05) is 24.5 Å². The number of imidazole rings is 1. The Morgan fingerprint density at radius 3 is 2.89 bits per heavy atom. The molecule has 1 aromatic heterocycles. The first-order chi connectivity index (χ1) is 13.8. The van der Waals surface area contributed by atoms with E-state index in [4.69, 9.17) is 18.9 Å². The van der Waals surface area contributed by atoms with Gasteiger partial charge in [0, 0.05) is 50.2 Å². The lowest BCUT2D eigenvalue weighted by atomic mass is 10.1. The quantitative estimate of drug-likeness (QED) is 0.836. The molecule has 2 fully saturated rings. The molecule has 8 nitrogen and oxygen atoms in total. The summed E-state index contributed by atoms with van der Waals surface area (Å²) in [4.78, 5) is 7.11. The van der Waals surface area contributed by atoms with Gasteiger partial charge in [-0.1, -0.05) is 0 Å². The molecule has 0 amide bonds. The van der Waals surface area contributed by atoms with Crippen molar-refractivity contribution in [2.24, 2.45) is 0 Å². The van der Waals surface area contributed by atoms with Crippen LogP contribution in [-0.2, 0) is 4.74 Å². The van der Waals surface area contributed by atoms with Crippen LogP contribution in [0.1, 0.15) is 18.9 Å². The average molecular weight is 387 g/mol. The van der Waals surface area contributed by atoms with Crippen LogP contribution in [0.5, 0.6) is 17.2 Å². The molecule has 28 heavy (non-hydrogen) atoms. The van der Waals surface area contributed by atoms with Gasteiger partial charge in [0.25, 0.3) is 0 Å². The van der Waals surface area contributed by atoms with Crippen molar-refractivity contribution in [1.82, 2.24) is 14.5 Å². The van der Waals surface area contributed by atoms with E-state index >= 15 is 0 Å². The van der Waals surface area contributed by atoms with Crippen molar-refractivity contribution in [3.05, 3.63) is 24.5 Å². The number of hydrogen-bond acceptors (Lipinski definition) is 7. The monoisotopic (exact) mass is 387 g/mol. The second-order valence-corrected chi connectivity index (χ2v) is 7.53. The van der Waals surface area contributed by atoms with Crippen LogP contribution in [0, 0.1) is 0 Å². The number of methoxy groups -OCH3 is 1. The maximum atomic E-state index is 9.20. The lowest BCUT2D eigenvalue weighted by molar-refractivity contribution is -0.0567. The number of aliphatic hydroxyl groups is 1. The van der Waals surface area contributed by atoms with E-state index in [0.717, 1.165) is 49.0 Å². The molecule has 0 unspecified atom stereocenters. The van der Waals surface area contributed by atoms with Crippen molar-refractivity contribution < 1.29 is 24.1 Å². The summed E-state index contributed by atoms with van der Waals surface area (Å²) in [5.41, 5.74) is 0.899. The van der Waals surface area contributed by atoms with Gasteiger partial charge >= 0.3 is 0 Å². The number of aromatic nitrogens is 2. The van der Waals surface area contributed by atoms with Crippen molar-refractivity contribution >= 4 is 0 Å². The molecule has 2 aromatic rings. The highest BCUT2D eigenvalue weighted by molar-refractivity contribution is 5.70. The van der Waals surface area contributed by atoms with Gasteiger partial charge in [-0.15, -0.1) is 0 Å². The predicted molar refractivity (Wildman–Crippen MR) is 101 cm³/mol. The highest BCUT2D eigenvalue weighted by atomic mass is 16.7. The molecule has 0 aliphatic carbocycles. The topological polar surface area (TPSA) is 78.2 Å². The van der Waals surface area contributed by atoms with Gasteiger partial charge in [-0.2, -0.15) is 0 Å². The number of hydrogen-bond donors (Lipinski definition) is 1. The SMILES string of the molecule is COc1cc2c(cc1-c1nccn1[C@@H]1C[C@H]3CO[C@@H](CCO)CN3C1)OCO2. The summed E-state index contributed by atoms with van der Waals surface area (Å²) in [5.74, 6) is 3.00. The molecular formula is C20H25N3O5. The summed E-state index contributed by atoms with van der Waals surface area (Å²) >= 11 is 0. The van der Waals surface area contributed by atoms with Gasteiger partial charge in [0.1, 0.15) is 11.6 Å². The van der Waals surface area contributed by atoms with Crippen LogP contribution in [0.15, 0.2) is 24.5 Å². The maximum Gasteiger partial charge on any atom is 0.231 e. The van der Waals surface area contributed by atoms with Crippen LogP contribution in [0.3, 0.4) is 0 Å². The lowest BCUT2D eigenvalue weighted by Gasteiger charge is -2.34. The number of ether oxygens (including phenoxy) is 4. The third-order valence-electron chi connectivity index (χ3n) is 5.92. The molecule has 4 heterocycles. The molecule has 150 valence electrons. The van der Waals surface area contributed by atoms with Gasteiger partial charge in [-0.3, -0.25) is 4.90 Å². The van der Waals surface area contributed by atoms with Gasteiger partial charge in [-0.25, -0.2) is 4.98 Å². The Labute approximate surface area is 163 Å². The second kappa shape index (κ2) is 7.27. The summed E-state index contributed by atoms with van der Waals surface area (Å²) in [6.07, 6.45) is 5.70. The number of aliphatic hydroxyl groups excluding tert-OH is 1. The van der Waals surface area contributed by atoms with Crippen LogP contribution in [-0.4, -0.2) is 71.9 Å². The van der Waals surface area contributed by atoms with E-state index in [2.05, 4.69) is 14.5 Å². The van der Waals surface area contributed by atoms with Crippen molar-refractivity contribution in [3.8, 4) is 28.6 Å². The summed E-state index contributed by atoms with van der Waals surface area (Å²) < 4.78 is 24.8. The molecule has 1 aromatic carbocycles. The Hall–Kier alpha value is -2.29. The Morgan fingerprint density at radius 2 is 2.07 bits per heavy atom. The fraction of sp³-hybridized carbons (Fsp3) is 0.550. The van der Waals surface area contributed by atoms with Gasteiger partial charge in [-0.05, 0) is 18.9 Å². The highest BCUT2D eigenvalue weighted by Gasteiger charge is 2.38. The smallest absolute Gasteiger partial charge is 0.231 e. The van der Waals surface area contributed by atoms with Crippen LogP contribution >= 0.6 is 0 Å². The van der Waals surface area contributed by atoms with Gasteiger partial charge in [0.2, 0.25) is 6.79 Å². The first kappa shape index (κ1) is 17.8. The minimum Gasteiger partial charge on any atom is -0.496 e. The van der Waals surface area contributed by atoms with Crippen molar-refractivity contribution in [3.63, 3.8) is 0 Å². The van der Waals surface area contributed by atoms with E-state index < -0.39 is 0 Å². The largest absolute Gasteiger partial charge is 0.496 e. The molecule has 0 bridgehead atoms. The van der Waals surface area contributed by atoms with Gasteiger partial charge in [0.15, 0.2) is 11.5 Å². The number of morpholine rings is 1. The Morgan fingerprint density at radius 1 is 1.21 bits per heavy atom. The predicted octanol–water partition coefficient (Wildman–Crippen LogP) is 1.68. The van der Waals surface area contributed by atoms with Crippen LogP contribution < -0.4 is 14.2 Å². The zero-order valence-electron chi connectivity index (χ0n) is 15.9. The molecule has 0 radical (unpaired) electrons. The van der Waals surface area contributed by atoms with Crippen molar-refractivity contribution in [2.45, 2.75) is 31.0 Å². The molecule has 3 atom stereocenters. The molecule has 3 aliphatic rings. The summed E-state index contributed by atoms with van der Waals surface area (Å²) in [5, 5.41) is 9.20. The molecular weight excluding hydrogens is 362 g/mol. The molecule has 0 spiro atoms. The average Bonchev–Trinajstić information content (AvgIpc) is 3.44. The van der Waals surface area contributed by atoms with Crippen LogP contribution in [0.25, 0.3) is 11.4 Å². The molecule has 0 saturated carbocycles. The van der Waals surface area contributed by atoms with Crippen molar-refractivity contribution in [2.75, 3.05) is 40.2 Å². The van der Waals surface area contributed by atoms with Crippen LogP contribution in [0.2, 0.25) is 0 Å². The third-order valence-corrected chi connectivity index (χ3v) is 5.92. The fourth-order valence-corrected chi connectivity index (χ4v) is 4.52. The lowest BCUT2D eigenvalue weighted by Crippen LogP contribution is -2.46. The fourth-order valence-electron chi connectivity index (χ4n) is 4.52. The Kier molecular flexibility index (Phi) is 4.62. The summed E-state index contributed by atoms with van der Waals surface area (Å²) in [6.45, 7) is 2.94. The van der Waals surface area contributed by atoms with Gasteiger partial charge in [0.05, 0.1) is 25.4 Å². The molecule has 8 heteroatoms. The molecule has 1 N–H and O–H groups in total. The normalized spacial score (nSPS) is 26.4. The maximum absolute atomic E-state index is 9.20. The minimum atomic E-state index is 0.121. The molecule has 2 saturated heterocycles. The zero-order valence-corrected chi connectivity index (χ0v) is 15.9. The summed E-state index contributed by atoms with van der Waals surface area (Å²) in [6, 6.07) is 4.54. The molecule has 3 aliphatic heterocycles. The van der Waals surface area contributed by atoms with Crippen LogP contribution in [0.4, 0.5) is 0 Å². The minimum absolute atomic E-state index is 0.121. The second-order valence-electron chi connectivity index (χ2n) is 7.53. The first-order valence-corrected chi connectivity index (χ1v) is 9.74. The summed E-state index contributed by atoms with van der Waals surface area (Å²) in [7, 11) is 1.66. The Balaban J connectivity index is 1.42. The zero-order chi connectivity index (χ0) is 19.1. The first-order valence-electron chi connectivity index (χ1n) is 9.74. The number of benzene rings is 1.